The zero-order valence-corrected chi connectivity index (χ0v) is 16.4. The number of benzene rings is 1. The van der Waals surface area contributed by atoms with Gasteiger partial charge in [0.25, 0.3) is 0 Å². The predicted octanol–water partition coefficient (Wildman–Crippen LogP) is 3.86. The van der Waals surface area contributed by atoms with Crippen molar-refractivity contribution >= 4 is 31.4 Å². The van der Waals surface area contributed by atoms with Gasteiger partial charge in [0.1, 0.15) is 6.54 Å². The van der Waals surface area contributed by atoms with Crippen LogP contribution >= 0.6 is 9.24 Å². The molecule has 2 heterocycles. The fourth-order valence-corrected chi connectivity index (χ4v) is 3.29. The summed E-state index contributed by atoms with van der Waals surface area (Å²) in [4.78, 5) is 15.6. The minimum Gasteiger partial charge on any atom is -0.480 e. The van der Waals surface area contributed by atoms with Crippen LogP contribution in [0.2, 0.25) is 0 Å². The Morgan fingerprint density at radius 1 is 1.24 bits per heavy atom. The lowest BCUT2D eigenvalue weighted by Gasteiger charge is -2.07. The zero-order chi connectivity index (χ0) is 18.6. The van der Waals surface area contributed by atoms with Crippen LogP contribution in [-0.4, -0.2) is 20.6 Å². The van der Waals surface area contributed by atoms with E-state index in [0.29, 0.717) is 0 Å². The molecule has 1 aromatic carbocycles. The van der Waals surface area contributed by atoms with E-state index >= 15 is 0 Å². The molecule has 1 unspecified atom stereocenters. The summed E-state index contributed by atoms with van der Waals surface area (Å²) in [6.07, 6.45) is 2.54. The van der Waals surface area contributed by atoms with Crippen molar-refractivity contribution in [2.45, 2.75) is 40.7 Å². The molecule has 4 nitrogen and oxygen atoms in total. The van der Waals surface area contributed by atoms with E-state index in [-0.39, 0.29) is 6.54 Å². The van der Waals surface area contributed by atoms with Gasteiger partial charge < -0.3 is 9.67 Å². The second kappa shape index (κ2) is 8.26. The van der Waals surface area contributed by atoms with Crippen molar-refractivity contribution in [3.8, 4) is 0 Å². The number of rotatable bonds is 4. The summed E-state index contributed by atoms with van der Waals surface area (Å²) in [6.45, 7) is 7.97. The quantitative estimate of drug-likeness (QED) is 0.723. The average molecular weight is 356 g/mol. The summed E-state index contributed by atoms with van der Waals surface area (Å²) >= 11 is 0. The van der Waals surface area contributed by atoms with E-state index in [4.69, 9.17) is 0 Å². The molecule has 1 atom stereocenters. The number of carbonyl (C=O) groups is 1. The van der Waals surface area contributed by atoms with Gasteiger partial charge in [-0.15, -0.1) is 9.24 Å². The lowest BCUT2D eigenvalue weighted by Crippen LogP contribution is -2.10. The Balaban J connectivity index is 0.00000109. The van der Waals surface area contributed by atoms with Crippen LogP contribution in [0.25, 0.3) is 10.9 Å². The summed E-state index contributed by atoms with van der Waals surface area (Å²) < 4.78 is 1.88. The minimum absolute atomic E-state index is 0.0233. The Kier molecular flexibility index (Phi) is 6.33. The van der Waals surface area contributed by atoms with E-state index in [9.17, 15) is 9.90 Å². The fraction of sp³-hybridized carbons (Fsp3) is 0.300. The van der Waals surface area contributed by atoms with Crippen LogP contribution in [0.4, 0.5) is 0 Å². The van der Waals surface area contributed by atoms with Crippen LogP contribution in [0.3, 0.4) is 0 Å². The summed E-state index contributed by atoms with van der Waals surface area (Å²) in [6, 6.07) is 10.1. The van der Waals surface area contributed by atoms with E-state index in [1.54, 1.807) is 6.20 Å². The summed E-state index contributed by atoms with van der Waals surface area (Å²) in [5.74, 6) is -0.830. The molecule has 0 aliphatic heterocycles. The lowest BCUT2D eigenvalue weighted by molar-refractivity contribution is -0.137. The number of carboxylic acids is 1. The van der Waals surface area contributed by atoms with Gasteiger partial charge in [0.2, 0.25) is 0 Å². The van der Waals surface area contributed by atoms with Crippen LogP contribution in [-0.2, 0) is 17.8 Å². The first-order valence-electron chi connectivity index (χ1n) is 8.47. The van der Waals surface area contributed by atoms with Crippen LogP contribution in [0.1, 0.15) is 36.4 Å². The predicted molar refractivity (Wildman–Crippen MR) is 107 cm³/mol. The number of fused-ring (bicyclic) bond motifs is 1. The molecular weight excluding hydrogens is 331 g/mol. The van der Waals surface area contributed by atoms with Crippen LogP contribution in [0.15, 0.2) is 36.5 Å². The Hall–Kier alpha value is -2.19. The van der Waals surface area contributed by atoms with Gasteiger partial charge in [-0.25, -0.2) is 0 Å². The number of carboxylic acid groups (broad SMARTS) is 1. The first kappa shape index (κ1) is 19.1. The maximum absolute atomic E-state index is 11.2. The molecule has 0 amide bonds. The van der Waals surface area contributed by atoms with E-state index in [2.05, 4.69) is 26.4 Å². The van der Waals surface area contributed by atoms with Gasteiger partial charge in [0.05, 0.1) is 0 Å². The van der Waals surface area contributed by atoms with Gasteiger partial charge in [-0.1, -0.05) is 26.0 Å². The van der Waals surface area contributed by atoms with Crippen molar-refractivity contribution in [3.05, 3.63) is 59.0 Å². The maximum atomic E-state index is 11.2. The summed E-state index contributed by atoms with van der Waals surface area (Å²) in [7, 11) is 2.70. The number of nitrogens with zero attached hydrogens (tertiary/aromatic N) is 2. The van der Waals surface area contributed by atoms with Crippen molar-refractivity contribution in [1.29, 1.82) is 0 Å². The van der Waals surface area contributed by atoms with Crippen molar-refractivity contribution in [2.24, 2.45) is 0 Å². The molecule has 0 saturated carbocycles. The first-order valence-corrected chi connectivity index (χ1v) is 9.04. The highest BCUT2D eigenvalue weighted by atomic mass is 31.0. The van der Waals surface area contributed by atoms with Crippen LogP contribution in [0.5, 0.6) is 0 Å². The molecule has 3 rings (SSSR count). The SMILES string of the molecule is CC.Cc1ncccc1Cc1c(C)n(CC(=O)O)c2ccc(P)cc12. The second-order valence-corrected chi connectivity index (χ2v) is 6.41. The molecule has 0 fully saturated rings. The third kappa shape index (κ3) is 4.08. The number of hydrogen-bond acceptors (Lipinski definition) is 2. The first-order chi connectivity index (χ1) is 12.0. The molecule has 132 valence electrons. The normalized spacial score (nSPS) is 10.4. The third-order valence-electron chi connectivity index (χ3n) is 4.26. The molecule has 5 heteroatoms. The molecule has 0 saturated heterocycles. The average Bonchev–Trinajstić information content (AvgIpc) is 2.83. The molecular formula is C20H25N2O2P. The number of aromatic nitrogens is 2. The highest BCUT2D eigenvalue weighted by molar-refractivity contribution is 7.27. The second-order valence-electron chi connectivity index (χ2n) is 5.75. The van der Waals surface area contributed by atoms with E-state index in [1.165, 1.54) is 11.1 Å². The Morgan fingerprint density at radius 2 is 1.96 bits per heavy atom. The summed E-state index contributed by atoms with van der Waals surface area (Å²) in [5, 5.41) is 11.4. The van der Waals surface area contributed by atoms with E-state index in [0.717, 1.165) is 34.0 Å². The fourth-order valence-electron chi connectivity index (χ4n) is 3.03. The van der Waals surface area contributed by atoms with Crippen molar-refractivity contribution in [1.82, 2.24) is 9.55 Å². The van der Waals surface area contributed by atoms with Crippen molar-refractivity contribution < 1.29 is 9.90 Å². The van der Waals surface area contributed by atoms with Crippen molar-refractivity contribution in [2.75, 3.05) is 0 Å². The Bertz CT molecular complexity index is 900. The lowest BCUT2D eigenvalue weighted by atomic mass is 10.0. The number of hydrogen-bond donors (Lipinski definition) is 1. The molecule has 2 aromatic heterocycles. The van der Waals surface area contributed by atoms with E-state index in [1.807, 2.05) is 50.5 Å². The smallest absolute Gasteiger partial charge is 0.323 e. The van der Waals surface area contributed by atoms with Crippen LogP contribution in [0, 0.1) is 13.8 Å². The van der Waals surface area contributed by atoms with Crippen molar-refractivity contribution in [3.63, 3.8) is 0 Å². The number of aryl methyl sites for hydroxylation is 1. The Labute approximate surface area is 151 Å². The van der Waals surface area contributed by atoms with Gasteiger partial charge in [0.15, 0.2) is 0 Å². The third-order valence-corrected chi connectivity index (χ3v) is 4.61. The minimum atomic E-state index is -0.830. The van der Waals surface area contributed by atoms with Crippen LogP contribution < -0.4 is 5.30 Å². The Morgan fingerprint density at radius 3 is 2.60 bits per heavy atom. The monoisotopic (exact) mass is 356 g/mol. The largest absolute Gasteiger partial charge is 0.480 e. The number of aliphatic carboxylic acids is 1. The van der Waals surface area contributed by atoms with Gasteiger partial charge in [-0.05, 0) is 48.5 Å². The molecule has 0 bridgehead atoms. The summed E-state index contributed by atoms with van der Waals surface area (Å²) in [5.41, 5.74) is 5.31. The maximum Gasteiger partial charge on any atom is 0.323 e. The molecule has 3 aromatic rings. The van der Waals surface area contributed by atoms with Gasteiger partial charge in [-0.3, -0.25) is 9.78 Å². The molecule has 0 radical (unpaired) electrons. The molecule has 0 aliphatic carbocycles. The topological polar surface area (TPSA) is 55.1 Å². The van der Waals surface area contributed by atoms with Gasteiger partial charge in [0, 0.05) is 34.9 Å². The molecule has 1 N–H and O–H groups in total. The highest BCUT2D eigenvalue weighted by Crippen LogP contribution is 2.28. The van der Waals surface area contributed by atoms with Gasteiger partial charge in [-0.2, -0.15) is 0 Å². The highest BCUT2D eigenvalue weighted by Gasteiger charge is 2.17. The van der Waals surface area contributed by atoms with Gasteiger partial charge >= 0.3 is 5.97 Å². The van der Waals surface area contributed by atoms with E-state index < -0.39 is 5.97 Å². The molecule has 25 heavy (non-hydrogen) atoms. The molecule has 0 spiro atoms. The standard InChI is InChI=1S/C18H19N2O2P.C2H6/c1-11-13(4-3-7-19-11)8-15-12(2)20(10-18(21)22)17-6-5-14(23)9-16(15)17;1-2/h3-7,9H,8,10,23H2,1-2H3,(H,21,22);1-2H3. The zero-order valence-electron chi connectivity index (χ0n) is 15.2. The number of pyridine rings is 1. The molecule has 0 aliphatic rings.